The molecule has 182 valence electrons. The number of anilines is 1. The molecule has 0 saturated heterocycles. The number of para-hydroxylation sites is 2. The van der Waals surface area contributed by atoms with Crippen LogP contribution in [0.2, 0.25) is 0 Å². The fourth-order valence-corrected chi connectivity index (χ4v) is 3.56. The summed E-state index contributed by atoms with van der Waals surface area (Å²) in [5.41, 5.74) is 2.90. The molecule has 7 nitrogen and oxygen atoms in total. The molecule has 0 atom stereocenters. The van der Waals surface area contributed by atoms with E-state index >= 15 is 0 Å². The first-order valence-electron chi connectivity index (χ1n) is 11.3. The van der Waals surface area contributed by atoms with E-state index in [1.54, 1.807) is 54.6 Å². The minimum atomic E-state index is -0.334. The van der Waals surface area contributed by atoms with Gasteiger partial charge in [-0.1, -0.05) is 24.3 Å². The summed E-state index contributed by atoms with van der Waals surface area (Å²) in [6.07, 6.45) is 7.12. The van der Waals surface area contributed by atoms with Crippen LogP contribution in [0.5, 0.6) is 17.2 Å². The van der Waals surface area contributed by atoms with Gasteiger partial charge in [-0.05, 0) is 72.3 Å². The average molecular weight is 483 g/mol. The highest BCUT2D eigenvalue weighted by atomic mass is 16.5. The Bertz CT molecular complexity index is 1360. The standard InChI is InChI=1S/C29H26N2O5/c1-34-26-8-4-3-7-24(26)30-29(33)20-36-27-16-10-21(19-28(27)35-2)9-15-25(32)22-11-13-23(14-12-22)31-17-5-6-18-31/h3-19H,20H2,1-2H3,(H,30,33)/b15-9+. The number of hydrogen-bond acceptors (Lipinski definition) is 5. The molecule has 1 heterocycles. The molecular formula is C29H26N2O5. The van der Waals surface area contributed by atoms with Crippen LogP contribution < -0.4 is 19.5 Å². The van der Waals surface area contributed by atoms with Crippen molar-refractivity contribution < 1.29 is 23.8 Å². The van der Waals surface area contributed by atoms with E-state index in [4.69, 9.17) is 14.2 Å². The normalized spacial score (nSPS) is 10.7. The highest BCUT2D eigenvalue weighted by molar-refractivity contribution is 6.06. The highest BCUT2D eigenvalue weighted by Crippen LogP contribution is 2.29. The number of ketones is 1. The molecule has 0 fully saturated rings. The Kier molecular flexibility index (Phi) is 7.83. The van der Waals surface area contributed by atoms with Crippen molar-refractivity contribution in [3.05, 3.63) is 108 Å². The number of carbonyl (C=O) groups is 2. The minimum absolute atomic E-state index is 0.110. The third-order valence-corrected chi connectivity index (χ3v) is 5.41. The van der Waals surface area contributed by atoms with Crippen LogP contribution in [0.1, 0.15) is 15.9 Å². The van der Waals surface area contributed by atoms with Gasteiger partial charge >= 0.3 is 0 Å². The number of methoxy groups -OCH3 is 2. The Balaban J connectivity index is 1.37. The van der Waals surface area contributed by atoms with Crippen LogP contribution in [0.4, 0.5) is 5.69 Å². The van der Waals surface area contributed by atoms with Crippen LogP contribution in [-0.4, -0.2) is 37.1 Å². The molecule has 0 radical (unpaired) electrons. The van der Waals surface area contributed by atoms with E-state index in [-0.39, 0.29) is 18.3 Å². The molecule has 0 aliphatic carbocycles. The quantitative estimate of drug-likeness (QED) is 0.242. The lowest BCUT2D eigenvalue weighted by atomic mass is 10.1. The third kappa shape index (κ3) is 6.01. The van der Waals surface area contributed by atoms with Crippen LogP contribution in [-0.2, 0) is 4.79 Å². The molecule has 7 heteroatoms. The van der Waals surface area contributed by atoms with Gasteiger partial charge in [-0.2, -0.15) is 0 Å². The molecule has 0 bridgehead atoms. The number of amides is 1. The van der Waals surface area contributed by atoms with Crippen molar-refractivity contribution in [2.75, 3.05) is 26.1 Å². The summed E-state index contributed by atoms with van der Waals surface area (Å²) in [5.74, 6) is 0.980. The second kappa shape index (κ2) is 11.6. The summed E-state index contributed by atoms with van der Waals surface area (Å²) in [4.78, 5) is 24.9. The first-order chi connectivity index (χ1) is 17.6. The maximum Gasteiger partial charge on any atom is 0.262 e. The number of aromatic nitrogens is 1. The van der Waals surface area contributed by atoms with Crippen LogP contribution in [0, 0.1) is 0 Å². The summed E-state index contributed by atoms with van der Waals surface area (Å²) < 4.78 is 18.3. The summed E-state index contributed by atoms with van der Waals surface area (Å²) >= 11 is 0. The fourth-order valence-electron chi connectivity index (χ4n) is 3.56. The lowest BCUT2D eigenvalue weighted by Crippen LogP contribution is -2.20. The summed E-state index contributed by atoms with van der Waals surface area (Å²) in [6, 6.07) is 23.7. The molecule has 0 aliphatic rings. The summed E-state index contributed by atoms with van der Waals surface area (Å²) in [6.45, 7) is -0.207. The molecule has 3 aromatic carbocycles. The number of rotatable bonds is 10. The number of carbonyl (C=O) groups excluding carboxylic acids is 2. The van der Waals surface area contributed by atoms with Crippen LogP contribution in [0.3, 0.4) is 0 Å². The zero-order chi connectivity index (χ0) is 25.3. The van der Waals surface area contributed by atoms with E-state index in [0.29, 0.717) is 28.5 Å². The van der Waals surface area contributed by atoms with Gasteiger partial charge < -0.3 is 24.1 Å². The van der Waals surface area contributed by atoms with Gasteiger partial charge in [0.2, 0.25) is 0 Å². The van der Waals surface area contributed by atoms with Crippen molar-refractivity contribution in [2.24, 2.45) is 0 Å². The zero-order valence-corrected chi connectivity index (χ0v) is 20.0. The third-order valence-electron chi connectivity index (χ3n) is 5.41. The maximum atomic E-state index is 12.6. The molecule has 4 aromatic rings. The van der Waals surface area contributed by atoms with Crippen LogP contribution in [0.25, 0.3) is 11.8 Å². The SMILES string of the molecule is COc1ccccc1NC(=O)COc1ccc(/C=C/C(=O)c2ccc(-n3cccc3)cc2)cc1OC. The molecule has 0 unspecified atom stereocenters. The van der Waals surface area contributed by atoms with Gasteiger partial charge in [0.25, 0.3) is 5.91 Å². The smallest absolute Gasteiger partial charge is 0.262 e. The molecule has 1 aromatic heterocycles. The van der Waals surface area contributed by atoms with Crippen molar-refractivity contribution in [3.8, 4) is 22.9 Å². The van der Waals surface area contributed by atoms with Gasteiger partial charge in [-0.3, -0.25) is 9.59 Å². The number of ether oxygens (including phenoxy) is 3. The lowest BCUT2D eigenvalue weighted by molar-refractivity contribution is -0.118. The Morgan fingerprint density at radius 1 is 0.833 bits per heavy atom. The Labute approximate surface area is 209 Å². The van der Waals surface area contributed by atoms with Gasteiger partial charge in [-0.15, -0.1) is 0 Å². The number of nitrogens with one attached hydrogen (secondary N) is 1. The van der Waals surface area contributed by atoms with Crippen LogP contribution in [0.15, 0.2) is 97.3 Å². The lowest BCUT2D eigenvalue weighted by Gasteiger charge is -2.13. The second-order valence-electron chi connectivity index (χ2n) is 7.78. The predicted octanol–water partition coefficient (Wildman–Crippen LogP) is 5.41. The van der Waals surface area contributed by atoms with Crippen LogP contribution >= 0.6 is 0 Å². The van der Waals surface area contributed by atoms with Crippen molar-refractivity contribution in [1.29, 1.82) is 0 Å². The van der Waals surface area contributed by atoms with Crippen molar-refractivity contribution >= 4 is 23.5 Å². The van der Waals surface area contributed by atoms with E-state index in [9.17, 15) is 9.59 Å². The number of allylic oxidation sites excluding steroid dienone is 1. The van der Waals surface area contributed by atoms with E-state index in [0.717, 1.165) is 11.3 Å². The monoisotopic (exact) mass is 482 g/mol. The van der Waals surface area contributed by atoms with Gasteiger partial charge in [-0.25, -0.2) is 0 Å². The van der Waals surface area contributed by atoms with E-state index in [1.807, 2.05) is 47.3 Å². The summed E-state index contributed by atoms with van der Waals surface area (Å²) in [5, 5.41) is 2.76. The van der Waals surface area contributed by atoms with Gasteiger partial charge in [0.05, 0.1) is 19.9 Å². The maximum absolute atomic E-state index is 12.6. The van der Waals surface area contributed by atoms with E-state index in [1.165, 1.54) is 20.3 Å². The van der Waals surface area contributed by atoms with Crippen molar-refractivity contribution in [3.63, 3.8) is 0 Å². The van der Waals surface area contributed by atoms with Gasteiger partial charge in [0.1, 0.15) is 5.75 Å². The van der Waals surface area contributed by atoms with Crippen molar-refractivity contribution in [1.82, 2.24) is 4.57 Å². The predicted molar refractivity (Wildman–Crippen MR) is 139 cm³/mol. The Hall–Kier alpha value is -4.78. The van der Waals surface area contributed by atoms with E-state index < -0.39 is 0 Å². The zero-order valence-electron chi connectivity index (χ0n) is 20.0. The largest absolute Gasteiger partial charge is 0.495 e. The minimum Gasteiger partial charge on any atom is -0.495 e. The Morgan fingerprint density at radius 3 is 2.28 bits per heavy atom. The fraction of sp³-hybridized carbons (Fsp3) is 0.103. The Morgan fingerprint density at radius 2 is 1.56 bits per heavy atom. The van der Waals surface area contributed by atoms with Gasteiger partial charge in [0, 0.05) is 23.6 Å². The molecule has 1 N–H and O–H groups in total. The second-order valence-corrected chi connectivity index (χ2v) is 7.78. The molecule has 1 amide bonds. The molecular weight excluding hydrogens is 456 g/mol. The first-order valence-corrected chi connectivity index (χ1v) is 11.3. The molecule has 0 saturated carbocycles. The summed E-state index contributed by atoms with van der Waals surface area (Å²) in [7, 11) is 3.05. The number of hydrogen-bond donors (Lipinski definition) is 1. The number of benzene rings is 3. The average Bonchev–Trinajstić information content (AvgIpc) is 3.46. The highest BCUT2D eigenvalue weighted by Gasteiger charge is 2.11. The molecule has 4 rings (SSSR count). The van der Waals surface area contributed by atoms with Crippen molar-refractivity contribution in [2.45, 2.75) is 0 Å². The molecule has 36 heavy (non-hydrogen) atoms. The first kappa shape index (κ1) is 24.3. The van der Waals surface area contributed by atoms with Gasteiger partial charge in [0.15, 0.2) is 23.9 Å². The number of nitrogens with zero attached hydrogens (tertiary/aromatic N) is 1. The topological polar surface area (TPSA) is 78.8 Å². The van der Waals surface area contributed by atoms with E-state index in [2.05, 4.69) is 5.32 Å². The molecule has 0 spiro atoms. The molecule has 0 aliphatic heterocycles.